The van der Waals surface area contributed by atoms with Crippen molar-refractivity contribution in [3.05, 3.63) is 28.2 Å². The van der Waals surface area contributed by atoms with E-state index in [0.717, 1.165) is 10.2 Å². The average Bonchev–Trinajstić information content (AvgIpc) is 2.36. The SMILES string of the molecule is CCOC(=O)CN(c1ccc(C#N)cc1Br)C(C)C. The van der Waals surface area contributed by atoms with Crippen molar-refractivity contribution in [2.45, 2.75) is 26.8 Å². The summed E-state index contributed by atoms with van der Waals surface area (Å²) >= 11 is 3.44. The molecule has 0 saturated carbocycles. The van der Waals surface area contributed by atoms with E-state index in [1.807, 2.05) is 24.8 Å². The number of nitrogens with zero attached hydrogens (tertiary/aromatic N) is 2. The first-order valence-corrected chi connectivity index (χ1v) is 6.90. The van der Waals surface area contributed by atoms with Gasteiger partial charge in [0.25, 0.3) is 0 Å². The third-order valence-corrected chi connectivity index (χ3v) is 3.25. The number of halogens is 1. The molecule has 0 bridgehead atoms. The lowest BCUT2D eigenvalue weighted by molar-refractivity contribution is -0.141. The van der Waals surface area contributed by atoms with Crippen LogP contribution in [0.5, 0.6) is 0 Å². The second-order valence-corrected chi connectivity index (χ2v) is 5.16. The van der Waals surface area contributed by atoms with E-state index < -0.39 is 0 Å². The standard InChI is InChI=1S/C14H17BrN2O2/c1-4-19-14(18)9-17(10(2)3)13-6-5-11(8-16)7-12(13)15/h5-7,10H,4,9H2,1-3H3. The molecule has 0 saturated heterocycles. The highest BCUT2D eigenvalue weighted by molar-refractivity contribution is 9.10. The first kappa shape index (κ1) is 15.5. The second-order valence-electron chi connectivity index (χ2n) is 4.30. The Morgan fingerprint density at radius 1 is 1.53 bits per heavy atom. The summed E-state index contributed by atoms with van der Waals surface area (Å²) in [7, 11) is 0. The number of carbonyl (C=O) groups excluding carboxylic acids is 1. The first-order chi connectivity index (χ1) is 8.99. The van der Waals surface area contributed by atoms with Gasteiger partial charge in [0.15, 0.2) is 0 Å². The zero-order valence-electron chi connectivity index (χ0n) is 11.3. The molecule has 4 nitrogen and oxygen atoms in total. The number of nitriles is 1. The number of esters is 1. The van der Waals surface area contributed by atoms with E-state index in [2.05, 4.69) is 22.0 Å². The van der Waals surface area contributed by atoms with Crippen LogP contribution in [0.1, 0.15) is 26.3 Å². The molecule has 0 aliphatic rings. The largest absolute Gasteiger partial charge is 0.465 e. The summed E-state index contributed by atoms with van der Waals surface area (Å²) in [5, 5.41) is 8.86. The normalized spacial score (nSPS) is 10.1. The van der Waals surface area contributed by atoms with Crippen LogP contribution in [0.4, 0.5) is 5.69 Å². The summed E-state index contributed by atoms with van der Waals surface area (Å²) in [6.07, 6.45) is 0. The van der Waals surface area contributed by atoms with Gasteiger partial charge in [-0.3, -0.25) is 4.79 Å². The maximum absolute atomic E-state index is 11.6. The Morgan fingerprint density at radius 3 is 2.68 bits per heavy atom. The molecule has 0 aliphatic carbocycles. The smallest absolute Gasteiger partial charge is 0.325 e. The van der Waals surface area contributed by atoms with E-state index >= 15 is 0 Å². The van der Waals surface area contributed by atoms with Gasteiger partial charge in [0.05, 0.1) is 23.9 Å². The van der Waals surface area contributed by atoms with Crippen molar-refractivity contribution >= 4 is 27.6 Å². The fraction of sp³-hybridized carbons (Fsp3) is 0.429. The van der Waals surface area contributed by atoms with Crippen LogP contribution < -0.4 is 4.90 Å². The van der Waals surface area contributed by atoms with Crippen molar-refractivity contribution in [1.29, 1.82) is 5.26 Å². The van der Waals surface area contributed by atoms with Crippen LogP contribution in [0.25, 0.3) is 0 Å². The summed E-state index contributed by atoms with van der Waals surface area (Å²) in [5.74, 6) is -0.257. The van der Waals surface area contributed by atoms with Gasteiger partial charge in [-0.05, 0) is 54.9 Å². The van der Waals surface area contributed by atoms with Gasteiger partial charge in [0, 0.05) is 10.5 Å². The highest BCUT2D eigenvalue weighted by Crippen LogP contribution is 2.28. The topological polar surface area (TPSA) is 53.3 Å². The molecule has 1 aromatic carbocycles. The molecule has 102 valence electrons. The first-order valence-electron chi connectivity index (χ1n) is 6.11. The molecule has 0 heterocycles. The Hall–Kier alpha value is -1.54. The zero-order chi connectivity index (χ0) is 14.4. The highest BCUT2D eigenvalue weighted by atomic mass is 79.9. The molecule has 19 heavy (non-hydrogen) atoms. The number of anilines is 1. The van der Waals surface area contributed by atoms with Crippen LogP contribution in [0.15, 0.2) is 22.7 Å². The van der Waals surface area contributed by atoms with E-state index in [1.165, 1.54) is 0 Å². The Morgan fingerprint density at radius 2 is 2.21 bits per heavy atom. The van der Waals surface area contributed by atoms with Crippen molar-refractivity contribution in [2.75, 3.05) is 18.1 Å². The maximum Gasteiger partial charge on any atom is 0.325 e. The number of hydrogen-bond donors (Lipinski definition) is 0. The average molecular weight is 325 g/mol. The fourth-order valence-corrected chi connectivity index (χ4v) is 2.31. The molecule has 0 radical (unpaired) electrons. The molecule has 0 unspecified atom stereocenters. The molecular weight excluding hydrogens is 308 g/mol. The van der Waals surface area contributed by atoms with E-state index in [4.69, 9.17) is 10.00 Å². The van der Waals surface area contributed by atoms with Gasteiger partial charge in [-0.2, -0.15) is 5.26 Å². The molecular formula is C14H17BrN2O2. The third kappa shape index (κ3) is 4.25. The Bertz CT molecular complexity index is 495. The lowest BCUT2D eigenvalue weighted by atomic mass is 10.2. The summed E-state index contributed by atoms with van der Waals surface area (Å²) in [6.45, 7) is 6.36. The second kappa shape index (κ2) is 7.15. The summed E-state index contributed by atoms with van der Waals surface area (Å²) in [6, 6.07) is 7.55. The molecule has 1 rings (SSSR count). The van der Waals surface area contributed by atoms with Crippen LogP contribution in [0.2, 0.25) is 0 Å². The van der Waals surface area contributed by atoms with Crippen molar-refractivity contribution in [1.82, 2.24) is 0 Å². The van der Waals surface area contributed by atoms with E-state index in [9.17, 15) is 4.79 Å². The zero-order valence-corrected chi connectivity index (χ0v) is 12.9. The van der Waals surface area contributed by atoms with Crippen LogP contribution in [-0.4, -0.2) is 25.2 Å². The van der Waals surface area contributed by atoms with Gasteiger partial charge in [-0.15, -0.1) is 0 Å². The quantitative estimate of drug-likeness (QED) is 0.781. The number of carbonyl (C=O) groups is 1. The predicted octanol–water partition coefficient (Wildman–Crippen LogP) is 3.10. The van der Waals surface area contributed by atoms with Gasteiger partial charge in [-0.1, -0.05) is 0 Å². The molecule has 0 N–H and O–H groups in total. The molecule has 0 aliphatic heterocycles. The molecule has 0 atom stereocenters. The fourth-order valence-electron chi connectivity index (χ4n) is 1.70. The molecule has 5 heteroatoms. The third-order valence-electron chi connectivity index (χ3n) is 2.61. The van der Waals surface area contributed by atoms with E-state index in [1.54, 1.807) is 19.1 Å². The molecule has 0 fully saturated rings. The molecule has 0 spiro atoms. The van der Waals surface area contributed by atoms with Gasteiger partial charge in [0.2, 0.25) is 0 Å². The van der Waals surface area contributed by atoms with Crippen LogP contribution in [0.3, 0.4) is 0 Å². The van der Waals surface area contributed by atoms with Gasteiger partial charge >= 0.3 is 5.97 Å². The Labute approximate surface area is 122 Å². The number of rotatable bonds is 5. The van der Waals surface area contributed by atoms with Gasteiger partial charge < -0.3 is 9.64 Å². The highest BCUT2D eigenvalue weighted by Gasteiger charge is 2.18. The minimum Gasteiger partial charge on any atom is -0.465 e. The lowest BCUT2D eigenvalue weighted by Crippen LogP contribution is -2.36. The minimum absolute atomic E-state index is 0.147. The molecule has 0 aromatic heterocycles. The maximum atomic E-state index is 11.6. The van der Waals surface area contributed by atoms with E-state index in [-0.39, 0.29) is 18.6 Å². The predicted molar refractivity (Wildman–Crippen MR) is 78.0 cm³/mol. The number of hydrogen-bond acceptors (Lipinski definition) is 4. The van der Waals surface area contributed by atoms with Crippen LogP contribution >= 0.6 is 15.9 Å². The monoisotopic (exact) mass is 324 g/mol. The molecule has 0 amide bonds. The summed E-state index contributed by atoms with van der Waals surface area (Å²) < 4.78 is 5.78. The number of ether oxygens (including phenoxy) is 1. The lowest BCUT2D eigenvalue weighted by Gasteiger charge is -2.28. The minimum atomic E-state index is -0.257. The van der Waals surface area contributed by atoms with Crippen LogP contribution in [0, 0.1) is 11.3 Å². The summed E-state index contributed by atoms with van der Waals surface area (Å²) in [5.41, 5.74) is 1.46. The Kier molecular flexibility index (Phi) is 5.84. The van der Waals surface area contributed by atoms with Gasteiger partial charge in [-0.25, -0.2) is 0 Å². The summed E-state index contributed by atoms with van der Waals surface area (Å²) in [4.78, 5) is 13.6. The van der Waals surface area contributed by atoms with Crippen molar-refractivity contribution in [3.63, 3.8) is 0 Å². The van der Waals surface area contributed by atoms with Gasteiger partial charge in [0.1, 0.15) is 6.54 Å². The number of benzene rings is 1. The Balaban J connectivity index is 3.00. The van der Waals surface area contributed by atoms with E-state index in [0.29, 0.717) is 12.2 Å². The van der Waals surface area contributed by atoms with Crippen molar-refractivity contribution < 1.29 is 9.53 Å². The van der Waals surface area contributed by atoms with Crippen molar-refractivity contribution in [3.8, 4) is 6.07 Å². The van der Waals surface area contributed by atoms with Crippen molar-refractivity contribution in [2.24, 2.45) is 0 Å². The van der Waals surface area contributed by atoms with Crippen LogP contribution in [-0.2, 0) is 9.53 Å². The molecule has 1 aromatic rings.